The van der Waals surface area contributed by atoms with Crippen LogP contribution in [0.4, 0.5) is 0 Å². The summed E-state index contributed by atoms with van der Waals surface area (Å²) in [6.45, 7) is 4.63. The Balaban J connectivity index is 4.20. The molecule has 0 aliphatic carbocycles. The Kier molecular flexibility index (Phi) is 64.4. The molecule has 0 heterocycles. The van der Waals surface area contributed by atoms with Crippen LogP contribution in [0.5, 0.6) is 0 Å². The van der Waals surface area contributed by atoms with Crippen LogP contribution in [0.25, 0.3) is 0 Å². The van der Waals surface area contributed by atoms with Crippen molar-refractivity contribution in [3.8, 4) is 0 Å². The number of carbonyl (C=O) groups excluding carboxylic acids is 2. The number of carboxylic acids is 1. The standard InChI is InChI=1S/C80H129NO8/c1-6-8-10-12-14-16-18-20-22-24-26-28-30-32-34-35-36-37-38-39-40-41-42-43-45-47-49-51-53-55-57-59-61-63-65-67-69-71-78(83)89-76(75-88-80(79(84)85)86-73-72-81(3,4)5)74-87-77(82)70-68-66-64-62-60-58-56-54-52-50-48-46-44-33-31-29-27-25-23-21-19-17-15-13-11-9-7-2/h8-11,14-17,20-23,26-29,32-34,36-37,39-40,42-44,47,49,76,80H,6-7,12-13,18-19,24-25,30-31,35,38,41,45-46,48,50-75H2,1-5H3/p+1/b10-8-,11-9-,16-14-,17-15-,22-20-,23-21-,28-26-,29-27-,34-32-,37-36-,40-39-,43-42-,44-33-,49-47-. The molecular formula is C80H130NO8+. The fourth-order valence-corrected chi connectivity index (χ4v) is 9.15. The Morgan fingerprint density at radius 1 is 0.337 bits per heavy atom. The van der Waals surface area contributed by atoms with Crippen LogP contribution in [0.1, 0.15) is 258 Å². The van der Waals surface area contributed by atoms with Crippen molar-refractivity contribution in [1.82, 2.24) is 0 Å². The molecule has 0 aromatic carbocycles. The van der Waals surface area contributed by atoms with E-state index >= 15 is 0 Å². The summed E-state index contributed by atoms with van der Waals surface area (Å²) in [7, 11) is 5.96. The minimum absolute atomic E-state index is 0.177. The van der Waals surface area contributed by atoms with E-state index in [1.165, 1.54) is 83.5 Å². The van der Waals surface area contributed by atoms with E-state index in [1.54, 1.807) is 0 Å². The Bertz CT molecular complexity index is 2070. The summed E-state index contributed by atoms with van der Waals surface area (Å²) in [6, 6.07) is 0. The average molecular weight is 1230 g/mol. The third-order valence-corrected chi connectivity index (χ3v) is 14.5. The third kappa shape index (κ3) is 70.0. The van der Waals surface area contributed by atoms with Crippen molar-refractivity contribution in [3.63, 3.8) is 0 Å². The van der Waals surface area contributed by atoms with Crippen LogP contribution in [0, 0.1) is 0 Å². The van der Waals surface area contributed by atoms with Gasteiger partial charge in [-0.2, -0.15) is 0 Å². The predicted molar refractivity (Wildman–Crippen MR) is 382 cm³/mol. The van der Waals surface area contributed by atoms with Gasteiger partial charge in [0.25, 0.3) is 6.29 Å². The van der Waals surface area contributed by atoms with Crippen molar-refractivity contribution >= 4 is 17.9 Å². The van der Waals surface area contributed by atoms with E-state index in [-0.39, 0.29) is 38.6 Å². The molecule has 0 saturated carbocycles. The smallest absolute Gasteiger partial charge is 0.361 e. The highest BCUT2D eigenvalue weighted by molar-refractivity contribution is 5.71. The van der Waals surface area contributed by atoms with Crippen LogP contribution in [-0.4, -0.2) is 87.4 Å². The van der Waals surface area contributed by atoms with Gasteiger partial charge in [-0.1, -0.05) is 287 Å². The number of hydrogen-bond donors (Lipinski definition) is 1. The van der Waals surface area contributed by atoms with Gasteiger partial charge in [0.05, 0.1) is 34.4 Å². The fourth-order valence-electron chi connectivity index (χ4n) is 9.15. The first kappa shape index (κ1) is 83.7. The van der Waals surface area contributed by atoms with Crippen molar-refractivity contribution < 1.29 is 42.9 Å². The SMILES string of the molecule is CC/C=C\C/C=C\C/C=C\C/C=C\C/C=C\C/C=C\C/C=C\C/C=C\C/C=C\CCCCCCCCCCCC(=O)OC(COC(=O)CCCCCCCCCCCCC/C=C\C/C=C\C/C=C\C/C=C\C/C=C\CC)COC(OCC[N+](C)(C)C)C(=O)O. The van der Waals surface area contributed by atoms with Crippen LogP contribution in [-0.2, 0) is 33.3 Å². The van der Waals surface area contributed by atoms with E-state index in [0.29, 0.717) is 17.4 Å². The molecule has 0 fully saturated rings. The molecule has 1 N–H and O–H groups in total. The van der Waals surface area contributed by atoms with Gasteiger partial charge in [0.15, 0.2) is 6.10 Å². The Morgan fingerprint density at radius 2 is 0.607 bits per heavy atom. The lowest BCUT2D eigenvalue weighted by Gasteiger charge is -2.25. The topological polar surface area (TPSA) is 108 Å². The van der Waals surface area contributed by atoms with Gasteiger partial charge in [-0.3, -0.25) is 9.59 Å². The number of nitrogens with zero attached hydrogens (tertiary/aromatic N) is 1. The number of carbonyl (C=O) groups is 3. The van der Waals surface area contributed by atoms with Crippen molar-refractivity contribution in [2.24, 2.45) is 0 Å². The molecular weight excluding hydrogens is 1100 g/mol. The van der Waals surface area contributed by atoms with Gasteiger partial charge in [-0.15, -0.1) is 0 Å². The van der Waals surface area contributed by atoms with E-state index in [0.717, 1.165) is 141 Å². The maximum atomic E-state index is 13.0. The highest BCUT2D eigenvalue weighted by atomic mass is 16.7. The molecule has 0 saturated heterocycles. The molecule has 0 bridgehead atoms. The quantitative estimate of drug-likeness (QED) is 0.0211. The monoisotopic (exact) mass is 1230 g/mol. The van der Waals surface area contributed by atoms with E-state index in [4.69, 9.17) is 18.9 Å². The van der Waals surface area contributed by atoms with E-state index in [2.05, 4.69) is 184 Å². The molecule has 0 aliphatic heterocycles. The third-order valence-electron chi connectivity index (χ3n) is 14.5. The van der Waals surface area contributed by atoms with Gasteiger partial charge in [0.1, 0.15) is 13.2 Å². The number of ether oxygens (including phenoxy) is 4. The number of hydrogen-bond acceptors (Lipinski definition) is 7. The second kappa shape index (κ2) is 68.6. The average Bonchev–Trinajstić information content (AvgIpc) is 3.70. The number of quaternary nitrogens is 1. The zero-order valence-electron chi connectivity index (χ0n) is 57.3. The van der Waals surface area contributed by atoms with Crippen LogP contribution >= 0.6 is 0 Å². The molecule has 89 heavy (non-hydrogen) atoms. The highest BCUT2D eigenvalue weighted by Crippen LogP contribution is 2.16. The lowest BCUT2D eigenvalue weighted by molar-refractivity contribution is -0.870. The van der Waals surface area contributed by atoms with Crippen molar-refractivity contribution in [1.29, 1.82) is 0 Å². The second-order valence-corrected chi connectivity index (χ2v) is 24.1. The minimum Gasteiger partial charge on any atom is -0.477 e. The number of rotatable bonds is 63. The molecule has 502 valence electrons. The van der Waals surface area contributed by atoms with Gasteiger partial charge in [-0.05, 0) is 128 Å². The zero-order valence-corrected chi connectivity index (χ0v) is 57.3. The molecule has 0 amide bonds. The molecule has 0 aromatic rings. The van der Waals surface area contributed by atoms with Crippen LogP contribution in [0.15, 0.2) is 170 Å². The van der Waals surface area contributed by atoms with Crippen molar-refractivity contribution in [2.45, 2.75) is 270 Å². The van der Waals surface area contributed by atoms with E-state index < -0.39 is 24.3 Å². The predicted octanol–water partition coefficient (Wildman–Crippen LogP) is 22.2. The number of likely N-dealkylation sites (N-methyl/N-ethyl adjacent to an activating group) is 1. The lowest BCUT2D eigenvalue weighted by atomic mass is 10.0. The Labute approximate surface area is 546 Å². The summed E-state index contributed by atoms with van der Waals surface area (Å²) in [5.41, 5.74) is 0. The molecule has 2 atom stereocenters. The fraction of sp³-hybridized carbons (Fsp3) is 0.613. The van der Waals surface area contributed by atoms with E-state index in [1.807, 2.05) is 21.1 Å². The molecule has 0 rings (SSSR count). The second-order valence-electron chi connectivity index (χ2n) is 24.1. The number of allylic oxidation sites excluding steroid dienone is 28. The largest absolute Gasteiger partial charge is 0.477 e. The van der Waals surface area contributed by atoms with Gasteiger partial charge in [-0.25, -0.2) is 4.79 Å². The maximum Gasteiger partial charge on any atom is 0.361 e. The maximum absolute atomic E-state index is 13.0. The first-order valence-corrected chi connectivity index (χ1v) is 35.3. The molecule has 0 radical (unpaired) electrons. The molecule has 0 aliphatic rings. The summed E-state index contributed by atoms with van der Waals surface area (Å²) < 4.78 is 23.0. The van der Waals surface area contributed by atoms with Crippen LogP contribution < -0.4 is 0 Å². The minimum atomic E-state index is -1.52. The first-order valence-electron chi connectivity index (χ1n) is 35.3. The van der Waals surface area contributed by atoms with Crippen molar-refractivity contribution in [3.05, 3.63) is 170 Å². The number of aliphatic carboxylic acids is 1. The van der Waals surface area contributed by atoms with Gasteiger partial charge in [0.2, 0.25) is 0 Å². The molecule has 2 unspecified atom stereocenters. The summed E-state index contributed by atoms with van der Waals surface area (Å²) >= 11 is 0. The van der Waals surface area contributed by atoms with Crippen molar-refractivity contribution in [2.75, 3.05) is 47.5 Å². The van der Waals surface area contributed by atoms with Crippen LogP contribution in [0.2, 0.25) is 0 Å². The zero-order chi connectivity index (χ0) is 64.7. The molecule has 9 nitrogen and oxygen atoms in total. The summed E-state index contributed by atoms with van der Waals surface area (Å²) in [6.07, 6.45) is 100. The lowest BCUT2D eigenvalue weighted by Crippen LogP contribution is -2.40. The highest BCUT2D eigenvalue weighted by Gasteiger charge is 2.25. The summed E-state index contributed by atoms with van der Waals surface area (Å²) in [4.78, 5) is 37.6. The van der Waals surface area contributed by atoms with Gasteiger partial charge in [0, 0.05) is 12.8 Å². The molecule has 0 spiro atoms. The first-order chi connectivity index (χ1) is 43.6. The van der Waals surface area contributed by atoms with Gasteiger partial charge < -0.3 is 28.5 Å². The van der Waals surface area contributed by atoms with Crippen LogP contribution in [0.3, 0.4) is 0 Å². The normalized spacial score (nSPS) is 13.8. The summed E-state index contributed by atoms with van der Waals surface area (Å²) in [5, 5.41) is 9.75. The Morgan fingerprint density at radius 3 is 0.899 bits per heavy atom. The van der Waals surface area contributed by atoms with Gasteiger partial charge >= 0.3 is 17.9 Å². The Hall–Kier alpha value is -5.35. The summed E-state index contributed by atoms with van der Waals surface area (Å²) in [5.74, 6) is -2.03. The number of carboxylic acid groups (broad SMARTS) is 1. The number of esters is 2. The van der Waals surface area contributed by atoms with E-state index in [9.17, 15) is 19.5 Å². The number of unbranched alkanes of at least 4 members (excludes halogenated alkanes) is 20. The molecule has 0 aromatic heterocycles. The molecule has 9 heteroatoms.